The van der Waals surface area contributed by atoms with E-state index >= 15 is 0 Å². The fourth-order valence-electron chi connectivity index (χ4n) is 0.952. The van der Waals surface area contributed by atoms with Crippen molar-refractivity contribution >= 4 is 0 Å². The van der Waals surface area contributed by atoms with Crippen LogP contribution in [0.2, 0.25) is 0 Å². The van der Waals surface area contributed by atoms with Crippen molar-refractivity contribution in [1.29, 1.82) is 0 Å². The van der Waals surface area contributed by atoms with Crippen LogP contribution in [0.4, 0.5) is 8.78 Å². The van der Waals surface area contributed by atoms with E-state index in [1.54, 1.807) is 0 Å². The first-order chi connectivity index (χ1) is 7.58. The quantitative estimate of drug-likeness (QED) is 0.784. The predicted molar refractivity (Wildman–Crippen MR) is 56.1 cm³/mol. The van der Waals surface area contributed by atoms with Crippen molar-refractivity contribution in [1.82, 2.24) is 0 Å². The minimum atomic E-state index is -0.412. The van der Waals surface area contributed by atoms with Crippen LogP contribution in [0.3, 0.4) is 0 Å². The molecule has 2 rings (SSSR count). The summed E-state index contributed by atoms with van der Waals surface area (Å²) in [4.78, 5) is 0. The molecule has 2 N–H and O–H groups in total. The second-order valence-corrected chi connectivity index (χ2v) is 2.96. The van der Waals surface area contributed by atoms with E-state index in [9.17, 15) is 8.78 Å². The average molecular weight is 315 g/mol. The number of aromatic hydroxyl groups is 2. The average Bonchev–Trinajstić information content (AvgIpc) is 2.17. The fraction of sp³-hybridized carbons (Fsp3) is 0. The van der Waals surface area contributed by atoms with Crippen LogP contribution in [-0.2, 0) is 26.2 Å². The predicted octanol–water partition coefficient (Wildman–Crippen LogP) is 3.06. The van der Waals surface area contributed by atoms with E-state index in [0.29, 0.717) is 0 Å². The first-order valence-corrected chi connectivity index (χ1v) is 4.47. The summed E-state index contributed by atoms with van der Waals surface area (Å²) in [6, 6.07) is 10.4. The SMILES string of the molecule is Oc1cccc(F)c1.Oc1cccc(F)c1.[Zr]. The van der Waals surface area contributed by atoms with Gasteiger partial charge in [0, 0.05) is 38.3 Å². The Balaban J connectivity index is 0.000000284. The molecule has 17 heavy (non-hydrogen) atoms. The van der Waals surface area contributed by atoms with E-state index in [2.05, 4.69) is 0 Å². The Hall–Kier alpha value is -1.22. The molecule has 2 aromatic rings. The molecule has 0 bridgehead atoms. The van der Waals surface area contributed by atoms with Gasteiger partial charge >= 0.3 is 0 Å². The van der Waals surface area contributed by atoms with E-state index in [-0.39, 0.29) is 37.7 Å². The maximum absolute atomic E-state index is 12.0. The van der Waals surface area contributed by atoms with E-state index in [1.807, 2.05) is 0 Å². The normalized spacial score (nSPS) is 8.59. The third-order valence-corrected chi connectivity index (χ3v) is 1.62. The molecule has 0 aliphatic carbocycles. The summed E-state index contributed by atoms with van der Waals surface area (Å²) in [6.07, 6.45) is 0. The molecule has 0 heterocycles. The van der Waals surface area contributed by atoms with Crippen molar-refractivity contribution in [3.8, 4) is 11.5 Å². The maximum Gasteiger partial charge on any atom is 0.126 e. The smallest absolute Gasteiger partial charge is 0.126 e. The molecule has 0 aliphatic heterocycles. The molecule has 2 nitrogen and oxygen atoms in total. The van der Waals surface area contributed by atoms with Crippen LogP contribution in [0.15, 0.2) is 48.5 Å². The molecule has 0 aliphatic rings. The number of benzene rings is 2. The monoisotopic (exact) mass is 314 g/mol. The van der Waals surface area contributed by atoms with Crippen LogP contribution in [0.5, 0.6) is 11.5 Å². The summed E-state index contributed by atoms with van der Waals surface area (Å²) >= 11 is 0. The Morgan fingerprint density at radius 3 is 1.24 bits per heavy atom. The van der Waals surface area contributed by atoms with Crippen LogP contribution < -0.4 is 0 Å². The first-order valence-electron chi connectivity index (χ1n) is 4.47. The zero-order valence-electron chi connectivity index (χ0n) is 8.77. The standard InChI is InChI=1S/2C6H5FO.Zr/c2*7-5-2-1-3-6(8)4-5;/h2*1-4,8H;. The van der Waals surface area contributed by atoms with Gasteiger partial charge in [0.2, 0.25) is 0 Å². The Morgan fingerprint density at radius 1 is 0.706 bits per heavy atom. The van der Waals surface area contributed by atoms with Crippen LogP contribution in [0.1, 0.15) is 0 Å². The van der Waals surface area contributed by atoms with Crippen LogP contribution in [0.25, 0.3) is 0 Å². The molecule has 0 radical (unpaired) electrons. The van der Waals surface area contributed by atoms with Gasteiger partial charge in [-0.15, -0.1) is 0 Å². The van der Waals surface area contributed by atoms with Gasteiger partial charge in [0.15, 0.2) is 0 Å². The first kappa shape index (κ1) is 15.8. The number of hydrogen-bond acceptors (Lipinski definition) is 2. The topological polar surface area (TPSA) is 40.5 Å². The molecule has 0 fully saturated rings. The maximum atomic E-state index is 12.0. The molecule has 5 heteroatoms. The summed E-state index contributed by atoms with van der Waals surface area (Å²) in [6.45, 7) is 0. The van der Waals surface area contributed by atoms with Crippen molar-refractivity contribution in [3.63, 3.8) is 0 Å². The van der Waals surface area contributed by atoms with Crippen molar-refractivity contribution in [2.75, 3.05) is 0 Å². The van der Waals surface area contributed by atoms with E-state index in [4.69, 9.17) is 10.2 Å². The zero-order chi connectivity index (χ0) is 12.0. The van der Waals surface area contributed by atoms with E-state index in [1.165, 1.54) is 36.4 Å². The van der Waals surface area contributed by atoms with Gasteiger partial charge in [0.05, 0.1) is 0 Å². The minimum absolute atomic E-state index is 0. The van der Waals surface area contributed by atoms with Crippen molar-refractivity contribution in [2.24, 2.45) is 0 Å². The summed E-state index contributed by atoms with van der Waals surface area (Å²) in [5, 5.41) is 17.1. The van der Waals surface area contributed by atoms with Crippen LogP contribution >= 0.6 is 0 Å². The molecule has 0 saturated carbocycles. The van der Waals surface area contributed by atoms with Crippen molar-refractivity contribution < 1.29 is 45.2 Å². The molecule has 0 spiro atoms. The van der Waals surface area contributed by atoms with Crippen molar-refractivity contribution in [3.05, 3.63) is 60.2 Å². The molecule has 0 unspecified atom stereocenters. The summed E-state index contributed by atoms with van der Waals surface area (Å²) in [5.74, 6) is -0.898. The van der Waals surface area contributed by atoms with E-state index in [0.717, 1.165) is 12.1 Å². The Bertz CT molecular complexity index is 386. The zero-order valence-corrected chi connectivity index (χ0v) is 11.2. The number of halogens is 2. The van der Waals surface area contributed by atoms with Gasteiger partial charge in [-0.3, -0.25) is 0 Å². The molecule has 0 amide bonds. The summed E-state index contributed by atoms with van der Waals surface area (Å²) in [7, 11) is 0. The van der Waals surface area contributed by atoms with Gasteiger partial charge in [-0.05, 0) is 24.3 Å². The summed E-state index contributed by atoms with van der Waals surface area (Å²) in [5.41, 5.74) is 0. The molecule has 2 aromatic carbocycles. The molecule has 0 aromatic heterocycles. The third-order valence-electron chi connectivity index (χ3n) is 1.62. The molecular weight excluding hydrogens is 305 g/mol. The van der Waals surface area contributed by atoms with Crippen molar-refractivity contribution in [2.45, 2.75) is 0 Å². The van der Waals surface area contributed by atoms with E-state index < -0.39 is 11.6 Å². The number of phenols is 2. The fourth-order valence-corrected chi connectivity index (χ4v) is 0.952. The van der Waals surface area contributed by atoms with Crippen LogP contribution in [-0.4, -0.2) is 10.2 Å². The Labute approximate surface area is 117 Å². The molecule has 0 atom stereocenters. The number of rotatable bonds is 0. The molecule has 88 valence electrons. The second-order valence-electron chi connectivity index (χ2n) is 2.96. The van der Waals surface area contributed by atoms with Gasteiger partial charge in [0.25, 0.3) is 0 Å². The Morgan fingerprint density at radius 2 is 1.06 bits per heavy atom. The third kappa shape index (κ3) is 6.85. The largest absolute Gasteiger partial charge is 0.508 e. The molecular formula is C12H10F2O2Zr. The number of phenolic OH excluding ortho intramolecular Hbond substituents is 2. The number of hydrogen-bond donors (Lipinski definition) is 2. The molecule has 0 saturated heterocycles. The van der Waals surface area contributed by atoms with Gasteiger partial charge in [-0.25, -0.2) is 8.78 Å². The minimum Gasteiger partial charge on any atom is -0.508 e. The van der Waals surface area contributed by atoms with Gasteiger partial charge < -0.3 is 10.2 Å². The van der Waals surface area contributed by atoms with Gasteiger partial charge in [0.1, 0.15) is 23.1 Å². The van der Waals surface area contributed by atoms with Crippen LogP contribution in [0, 0.1) is 11.6 Å². The second kappa shape index (κ2) is 7.96. The van der Waals surface area contributed by atoms with Gasteiger partial charge in [-0.1, -0.05) is 12.1 Å². The Kier molecular flexibility index (Phi) is 7.39. The summed E-state index contributed by atoms with van der Waals surface area (Å²) < 4.78 is 24.0. The van der Waals surface area contributed by atoms with Gasteiger partial charge in [-0.2, -0.15) is 0 Å².